The molecular weight excluding hydrogens is 232 g/mol. The molecule has 0 saturated heterocycles. The molecule has 0 aliphatic carbocycles. The number of nitrogens with zero attached hydrogens (tertiary/aromatic N) is 4. The summed E-state index contributed by atoms with van der Waals surface area (Å²) in [6.07, 6.45) is 4.43. The summed E-state index contributed by atoms with van der Waals surface area (Å²) >= 11 is 0. The molecule has 0 atom stereocenters. The fourth-order valence-electron chi connectivity index (χ4n) is 1.44. The number of nitrogens with one attached hydrogen (secondary N) is 1. The van der Waals surface area contributed by atoms with Crippen LogP contribution in [0, 0.1) is 6.92 Å². The van der Waals surface area contributed by atoms with E-state index in [4.69, 9.17) is 5.73 Å². The molecule has 2 rings (SSSR count). The van der Waals surface area contributed by atoms with Gasteiger partial charge in [-0.1, -0.05) is 0 Å². The highest BCUT2D eigenvalue weighted by molar-refractivity contribution is 5.91. The van der Waals surface area contributed by atoms with Crippen molar-refractivity contribution >= 4 is 11.7 Å². The van der Waals surface area contributed by atoms with Crippen molar-refractivity contribution in [2.45, 2.75) is 13.5 Å². The molecule has 94 valence electrons. The first-order valence-electron chi connectivity index (χ1n) is 5.41. The molecule has 0 aliphatic rings. The van der Waals surface area contributed by atoms with Gasteiger partial charge in [0.1, 0.15) is 11.5 Å². The minimum Gasteiger partial charge on any atom is -0.382 e. The Morgan fingerprint density at radius 3 is 2.72 bits per heavy atom. The molecular formula is C11H14N6O. The fourth-order valence-corrected chi connectivity index (χ4v) is 1.44. The van der Waals surface area contributed by atoms with Crippen molar-refractivity contribution in [2.24, 2.45) is 7.05 Å². The smallest absolute Gasteiger partial charge is 0.271 e. The standard InChI is InChI=1S/C11H14N6O/c1-7-8(4-16-17(7)2)3-15-11(18)9-5-14-10(12)6-13-9/h4-6H,3H2,1-2H3,(H2,12,14)(H,15,18). The summed E-state index contributed by atoms with van der Waals surface area (Å²) < 4.78 is 1.75. The molecule has 7 nitrogen and oxygen atoms in total. The van der Waals surface area contributed by atoms with Crippen LogP contribution < -0.4 is 11.1 Å². The van der Waals surface area contributed by atoms with Crippen molar-refractivity contribution < 1.29 is 4.79 Å². The number of nitrogens with two attached hydrogens (primary N) is 1. The lowest BCUT2D eigenvalue weighted by molar-refractivity contribution is 0.0945. The molecule has 7 heteroatoms. The molecule has 1 amide bonds. The third kappa shape index (κ3) is 2.45. The number of carbonyl (C=O) groups is 1. The van der Waals surface area contributed by atoms with Gasteiger partial charge in [-0.15, -0.1) is 0 Å². The first-order chi connectivity index (χ1) is 8.58. The van der Waals surface area contributed by atoms with Crippen LogP contribution >= 0.6 is 0 Å². The average molecular weight is 246 g/mol. The average Bonchev–Trinajstić information content (AvgIpc) is 2.68. The second kappa shape index (κ2) is 4.82. The van der Waals surface area contributed by atoms with Gasteiger partial charge in [0, 0.05) is 24.8 Å². The highest BCUT2D eigenvalue weighted by Gasteiger charge is 2.09. The number of carbonyl (C=O) groups excluding carboxylic acids is 1. The normalized spacial score (nSPS) is 10.3. The maximum atomic E-state index is 11.8. The van der Waals surface area contributed by atoms with E-state index in [0.29, 0.717) is 6.54 Å². The molecule has 0 spiro atoms. The third-order valence-electron chi connectivity index (χ3n) is 2.68. The van der Waals surface area contributed by atoms with E-state index in [9.17, 15) is 4.79 Å². The quantitative estimate of drug-likeness (QED) is 0.796. The van der Waals surface area contributed by atoms with E-state index in [2.05, 4.69) is 20.4 Å². The highest BCUT2D eigenvalue weighted by atomic mass is 16.1. The molecule has 2 heterocycles. The second-order valence-corrected chi connectivity index (χ2v) is 3.89. The number of anilines is 1. The van der Waals surface area contributed by atoms with E-state index in [0.717, 1.165) is 11.3 Å². The summed E-state index contributed by atoms with van der Waals surface area (Å²) in [5.74, 6) is 0.000377. The van der Waals surface area contributed by atoms with E-state index < -0.39 is 0 Å². The van der Waals surface area contributed by atoms with Crippen LogP contribution in [0.4, 0.5) is 5.82 Å². The number of aromatic nitrogens is 4. The predicted molar refractivity (Wildman–Crippen MR) is 65.6 cm³/mol. The maximum Gasteiger partial charge on any atom is 0.271 e. The van der Waals surface area contributed by atoms with Gasteiger partial charge in [-0.2, -0.15) is 5.10 Å². The largest absolute Gasteiger partial charge is 0.382 e. The summed E-state index contributed by atoms with van der Waals surface area (Å²) in [6.45, 7) is 2.35. The SMILES string of the molecule is Cc1c(CNC(=O)c2cnc(N)cn2)cnn1C. The molecule has 3 N–H and O–H groups in total. The van der Waals surface area contributed by atoms with Crippen molar-refractivity contribution in [3.05, 3.63) is 35.5 Å². The molecule has 0 aliphatic heterocycles. The number of nitrogen functional groups attached to an aromatic ring is 1. The molecule has 2 aromatic heterocycles. The van der Waals surface area contributed by atoms with Crippen molar-refractivity contribution in [3.8, 4) is 0 Å². The van der Waals surface area contributed by atoms with Gasteiger partial charge in [-0.05, 0) is 6.92 Å². The van der Waals surface area contributed by atoms with Crippen molar-refractivity contribution in [3.63, 3.8) is 0 Å². The molecule has 0 radical (unpaired) electrons. The summed E-state index contributed by atoms with van der Waals surface area (Å²) in [7, 11) is 1.85. The van der Waals surface area contributed by atoms with E-state index >= 15 is 0 Å². The minimum absolute atomic E-state index is 0.241. The Labute approximate surface area is 104 Å². The predicted octanol–water partition coefficient (Wildman–Crippen LogP) is 0.0307. The molecule has 0 bridgehead atoms. The lowest BCUT2D eigenvalue weighted by Crippen LogP contribution is -2.24. The second-order valence-electron chi connectivity index (χ2n) is 3.89. The molecule has 0 fully saturated rings. The van der Waals surface area contributed by atoms with Gasteiger partial charge in [-0.3, -0.25) is 9.48 Å². The summed E-state index contributed by atoms with van der Waals surface area (Å²) in [5, 5.41) is 6.85. The van der Waals surface area contributed by atoms with Gasteiger partial charge >= 0.3 is 0 Å². The van der Waals surface area contributed by atoms with Crippen molar-refractivity contribution in [1.29, 1.82) is 0 Å². The summed E-state index contributed by atoms with van der Waals surface area (Å²) in [5.41, 5.74) is 7.62. The summed E-state index contributed by atoms with van der Waals surface area (Å²) in [4.78, 5) is 19.5. The molecule has 0 unspecified atom stereocenters. The minimum atomic E-state index is -0.286. The fraction of sp³-hybridized carbons (Fsp3) is 0.273. The monoisotopic (exact) mass is 246 g/mol. The van der Waals surface area contributed by atoms with Gasteiger partial charge in [0.15, 0.2) is 0 Å². The van der Waals surface area contributed by atoms with Crippen LogP contribution in [0.25, 0.3) is 0 Å². The molecule has 0 saturated carbocycles. The number of rotatable bonds is 3. The lowest BCUT2D eigenvalue weighted by Gasteiger charge is -2.04. The number of hydrogen-bond donors (Lipinski definition) is 2. The number of amides is 1. The Morgan fingerprint density at radius 2 is 2.17 bits per heavy atom. The van der Waals surface area contributed by atoms with E-state index in [1.54, 1.807) is 10.9 Å². The first kappa shape index (κ1) is 12.0. The lowest BCUT2D eigenvalue weighted by atomic mass is 10.2. The van der Waals surface area contributed by atoms with Crippen LogP contribution in [-0.2, 0) is 13.6 Å². The number of aryl methyl sites for hydroxylation is 1. The van der Waals surface area contributed by atoms with Crippen LogP contribution in [0.15, 0.2) is 18.6 Å². The highest BCUT2D eigenvalue weighted by Crippen LogP contribution is 2.05. The topological polar surface area (TPSA) is 98.7 Å². The Balaban J connectivity index is 2.00. The Bertz CT molecular complexity index is 559. The third-order valence-corrected chi connectivity index (χ3v) is 2.68. The van der Waals surface area contributed by atoms with Crippen LogP contribution in [0.2, 0.25) is 0 Å². The van der Waals surface area contributed by atoms with Crippen molar-refractivity contribution in [1.82, 2.24) is 25.1 Å². The van der Waals surface area contributed by atoms with E-state index in [1.807, 2.05) is 14.0 Å². The van der Waals surface area contributed by atoms with Crippen LogP contribution in [-0.4, -0.2) is 25.7 Å². The zero-order chi connectivity index (χ0) is 13.1. The molecule has 0 aromatic carbocycles. The molecule has 2 aromatic rings. The Morgan fingerprint density at radius 1 is 1.39 bits per heavy atom. The van der Waals surface area contributed by atoms with E-state index in [1.165, 1.54) is 12.4 Å². The van der Waals surface area contributed by atoms with Gasteiger partial charge < -0.3 is 11.1 Å². The maximum absolute atomic E-state index is 11.8. The zero-order valence-electron chi connectivity index (χ0n) is 10.2. The van der Waals surface area contributed by atoms with Gasteiger partial charge in [0.2, 0.25) is 0 Å². The Kier molecular flexibility index (Phi) is 3.22. The zero-order valence-corrected chi connectivity index (χ0v) is 10.2. The van der Waals surface area contributed by atoms with Crippen molar-refractivity contribution in [2.75, 3.05) is 5.73 Å². The van der Waals surface area contributed by atoms with E-state index in [-0.39, 0.29) is 17.4 Å². The summed E-state index contributed by atoms with van der Waals surface area (Å²) in [6, 6.07) is 0. The van der Waals surface area contributed by atoms with Crippen LogP contribution in [0.5, 0.6) is 0 Å². The first-order valence-corrected chi connectivity index (χ1v) is 5.41. The number of hydrogen-bond acceptors (Lipinski definition) is 5. The Hall–Kier alpha value is -2.44. The molecule has 18 heavy (non-hydrogen) atoms. The van der Waals surface area contributed by atoms with Gasteiger partial charge in [0.05, 0.1) is 18.6 Å². The van der Waals surface area contributed by atoms with Gasteiger partial charge in [0.25, 0.3) is 5.91 Å². The van der Waals surface area contributed by atoms with Gasteiger partial charge in [-0.25, -0.2) is 9.97 Å². The van der Waals surface area contributed by atoms with Crippen LogP contribution in [0.3, 0.4) is 0 Å². The van der Waals surface area contributed by atoms with Crippen LogP contribution in [0.1, 0.15) is 21.7 Å².